The average Bonchev–Trinajstić information content (AvgIpc) is 2.37. The Balaban J connectivity index is 3.06. The number of aryl methyl sites for hydroxylation is 1. The van der Waals surface area contributed by atoms with Gasteiger partial charge in [-0.2, -0.15) is 0 Å². The van der Waals surface area contributed by atoms with E-state index >= 15 is 0 Å². The van der Waals surface area contributed by atoms with Crippen LogP contribution in [0.25, 0.3) is 0 Å². The number of benzene rings is 1. The van der Waals surface area contributed by atoms with E-state index in [1.165, 1.54) is 26.4 Å². The molecule has 18 heavy (non-hydrogen) atoms. The van der Waals surface area contributed by atoms with Crippen molar-refractivity contribution in [2.24, 2.45) is 5.73 Å². The summed E-state index contributed by atoms with van der Waals surface area (Å²) in [4.78, 5) is 0. The van der Waals surface area contributed by atoms with E-state index in [4.69, 9.17) is 15.2 Å². The highest BCUT2D eigenvalue weighted by molar-refractivity contribution is 5.50. The van der Waals surface area contributed by atoms with Gasteiger partial charge in [0.1, 0.15) is 0 Å². The molecule has 0 aliphatic carbocycles. The van der Waals surface area contributed by atoms with Crippen LogP contribution < -0.4 is 15.2 Å². The van der Waals surface area contributed by atoms with Gasteiger partial charge in [-0.3, -0.25) is 0 Å². The molecular weight excluding hydrogens is 240 g/mol. The first-order valence-electron chi connectivity index (χ1n) is 5.87. The molecule has 0 radical (unpaired) electrons. The molecule has 1 aromatic carbocycles. The molecule has 0 atom stereocenters. The molecule has 0 heterocycles. The smallest absolute Gasteiger partial charge is 0.263 e. The zero-order chi connectivity index (χ0) is 13.5. The van der Waals surface area contributed by atoms with Crippen LogP contribution in [0.2, 0.25) is 0 Å². The molecule has 102 valence electrons. The Bertz CT molecular complexity index is 383. The van der Waals surface area contributed by atoms with E-state index in [1.54, 1.807) is 0 Å². The lowest BCUT2D eigenvalue weighted by molar-refractivity contribution is 0.150. The van der Waals surface area contributed by atoms with Gasteiger partial charge in [0.15, 0.2) is 11.5 Å². The molecule has 0 spiro atoms. The van der Waals surface area contributed by atoms with Crippen LogP contribution in [-0.2, 0) is 6.42 Å². The van der Waals surface area contributed by atoms with Crippen molar-refractivity contribution < 1.29 is 18.3 Å². The molecule has 0 saturated carbocycles. The van der Waals surface area contributed by atoms with Crippen molar-refractivity contribution in [2.75, 3.05) is 20.8 Å². The van der Waals surface area contributed by atoms with Crippen LogP contribution in [0.3, 0.4) is 0 Å². The van der Waals surface area contributed by atoms with Crippen molar-refractivity contribution in [1.82, 2.24) is 0 Å². The maximum atomic E-state index is 12.8. The van der Waals surface area contributed by atoms with E-state index in [9.17, 15) is 8.78 Å². The second-order valence-electron chi connectivity index (χ2n) is 3.96. The number of ether oxygens (including phenoxy) is 2. The monoisotopic (exact) mass is 259 g/mol. The Hall–Kier alpha value is -1.36. The molecule has 0 aromatic heterocycles. The molecule has 1 aromatic rings. The minimum atomic E-state index is -2.52. The zero-order valence-corrected chi connectivity index (χ0v) is 10.7. The number of rotatable bonds is 7. The highest BCUT2D eigenvalue weighted by Gasteiger charge is 2.16. The topological polar surface area (TPSA) is 44.5 Å². The summed E-state index contributed by atoms with van der Waals surface area (Å²) in [5.74, 6) is 0.872. The van der Waals surface area contributed by atoms with Gasteiger partial charge in [-0.05, 0) is 43.5 Å². The standard InChI is InChI=1S/C13H19F2NO2/c1-17-11-8-10(13(14)15)7-9(12(11)18-2)5-3-4-6-16/h7-8,13H,3-6,16H2,1-2H3. The van der Waals surface area contributed by atoms with Crippen LogP contribution in [-0.4, -0.2) is 20.8 Å². The number of halogens is 2. The van der Waals surface area contributed by atoms with Crippen molar-refractivity contribution in [2.45, 2.75) is 25.7 Å². The summed E-state index contributed by atoms with van der Waals surface area (Å²) in [5, 5.41) is 0. The third-order valence-electron chi connectivity index (χ3n) is 2.73. The van der Waals surface area contributed by atoms with E-state index in [-0.39, 0.29) is 5.56 Å². The Morgan fingerprint density at radius 3 is 2.39 bits per heavy atom. The zero-order valence-electron chi connectivity index (χ0n) is 10.7. The normalized spacial score (nSPS) is 10.8. The minimum Gasteiger partial charge on any atom is -0.493 e. The number of hydrogen-bond donors (Lipinski definition) is 1. The van der Waals surface area contributed by atoms with Crippen LogP contribution in [0, 0.1) is 0 Å². The van der Waals surface area contributed by atoms with Crippen molar-refractivity contribution in [3.05, 3.63) is 23.3 Å². The summed E-state index contributed by atoms with van der Waals surface area (Å²) in [6.07, 6.45) is -0.178. The maximum Gasteiger partial charge on any atom is 0.263 e. The number of alkyl halides is 2. The van der Waals surface area contributed by atoms with Gasteiger partial charge in [-0.15, -0.1) is 0 Å². The fraction of sp³-hybridized carbons (Fsp3) is 0.538. The Morgan fingerprint density at radius 2 is 1.89 bits per heavy atom. The number of hydrogen-bond acceptors (Lipinski definition) is 3. The second-order valence-corrected chi connectivity index (χ2v) is 3.96. The Kier molecular flexibility index (Phi) is 5.85. The molecule has 1 rings (SSSR count). The van der Waals surface area contributed by atoms with Gasteiger partial charge >= 0.3 is 0 Å². The van der Waals surface area contributed by atoms with Crippen molar-refractivity contribution in [1.29, 1.82) is 0 Å². The predicted octanol–water partition coefficient (Wildman–Crippen LogP) is 2.92. The minimum absolute atomic E-state index is 0.0459. The average molecular weight is 259 g/mol. The van der Waals surface area contributed by atoms with Gasteiger partial charge in [-0.25, -0.2) is 8.78 Å². The van der Waals surface area contributed by atoms with Crippen molar-refractivity contribution in [3.8, 4) is 11.5 Å². The van der Waals surface area contributed by atoms with Crippen molar-refractivity contribution in [3.63, 3.8) is 0 Å². The van der Waals surface area contributed by atoms with Crippen LogP contribution in [0.1, 0.15) is 30.4 Å². The first-order chi connectivity index (χ1) is 8.63. The highest BCUT2D eigenvalue weighted by Crippen LogP contribution is 2.36. The summed E-state index contributed by atoms with van der Waals surface area (Å²) < 4.78 is 35.9. The Morgan fingerprint density at radius 1 is 1.17 bits per heavy atom. The summed E-state index contributed by atoms with van der Waals surface area (Å²) in [6.45, 7) is 0.591. The fourth-order valence-corrected chi connectivity index (χ4v) is 1.84. The van der Waals surface area contributed by atoms with E-state index in [1.807, 2.05) is 0 Å². The van der Waals surface area contributed by atoms with E-state index < -0.39 is 6.43 Å². The van der Waals surface area contributed by atoms with Crippen LogP contribution in [0.5, 0.6) is 11.5 Å². The quantitative estimate of drug-likeness (QED) is 0.766. The second kappa shape index (κ2) is 7.16. The first kappa shape index (κ1) is 14.7. The molecule has 0 amide bonds. The van der Waals surface area contributed by atoms with Crippen LogP contribution >= 0.6 is 0 Å². The van der Waals surface area contributed by atoms with E-state index in [0.29, 0.717) is 24.5 Å². The molecule has 0 aliphatic rings. The molecule has 0 saturated heterocycles. The molecule has 2 N–H and O–H groups in total. The van der Waals surface area contributed by atoms with Gasteiger partial charge in [0.05, 0.1) is 14.2 Å². The largest absolute Gasteiger partial charge is 0.493 e. The SMILES string of the molecule is COc1cc(C(F)F)cc(CCCCN)c1OC. The third kappa shape index (κ3) is 3.57. The molecule has 0 aliphatic heterocycles. The molecule has 3 nitrogen and oxygen atoms in total. The number of nitrogens with two attached hydrogens (primary N) is 1. The molecular formula is C13H19F2NO2. The number of methoxy groups -OCH3 is 2. The predicted molar refractivity (Wildman–Crippen MR) is 66.5 cm³/mol. The van der Waals surface area contributed by atoms with Gasteiger partial charge in [0, 0.05) is 5.56 Å². The van der Waals surface area contributed by atoms with Crippen molar-refractivity contribution >= 4 is 0 Å². The van der Waals surface area contributed by atoms with Gasteiger partial charge in [0.25, 0.3) is 6.43 Å². The molecule has 5 heteroatoms. The van der Waals surface area contributed by atoms with E-state index in [0.717, 1.165) is 18.4 Å². The van der Waals surface area contributed by atoms with E-state index in [2.05, 4.69) is 0 Å². The summed E-state index contributed by atoms with van der Waals surface area (Å²) >= 11 is 0. The maximum absolute atomic E-state index is 12.8. The lowest BCUT2D eigenvalue weighted by Crippen LogP contribution is -2.02. The van der Waals surface area contributed by atoms with Gasteiger partial charge in [-0.1, -0.05) is 0 Å². The van der Waals surface area contributed by atoms with Gasteiger partial charge < -0.3 is 15.2 Å². The summed E-state index contributed by atoms with van der Waals surface area (Å²) in [7, 11) is 2.95. The molecule has 0 fully saturated rings. The van der Waals surface area contributed by atoms with Crippen LogP contribution in [0.15, 0.2) is 12.1 Å². The fourth-order valence-electron chi connectivity index (χ4n) is 1.84. The third-order valence-corrected chi connectivity index (χ3v) is 2.73. The van der Waals surface area contributed by atoms with Gasteiger partial charge in [0.2, 0.25) is 0 Å². The first-order valence-corrected chi connectivity index (χ1v) is 5.87. The summed E-state index contributed by atoms with van der Waals surface area (Å²) in [5.41, 5.74) is 6.11. The molecule has 0 unspecified atom stereocenters. The molecule has 0 bridgehead atoms. The summed E-state index contributed by atoms with van der Waals surface area (Å²) in [6, 6.07) is 2.79. The lowest BCUT2D eigenvalue weighted by atomic mass is 10.0. The van der Waals surface area contributed by atoms with Crippen LogP contribution in [0.4, 0.5) is 8.78 Å². The lowest BCUT2D eigenvalue weighted by Gasteiger charge is -2.15. The highest BCUT2D eigenvalue weighted by atomic mass is 19.3. The number of unbranched alkanes of at least 4 members (excludes halogenated alkanes) is 1. The Labute approximate surface area is 106 Å².